The van der Waals surface area contributed by atoms with E-state index in [-0.39, 0.29) is 6.54 Å². The second kappa shape index (κ2) is 14.3. The number of nitrogens with one attached hydrogen (secondary N) is 1. The molecule has 0 aromatic rings. The minimum atomic E-state index is -0.781. The lowest BCUT2D eigenvalue weighted by molar-refractivity contribution is -0.883. The van der Waals surface area contributed by atoms with Crippen LogP contribution in [0.2, 0.25) is 0 Å². The molecule has 0 atom stereocenters. The van der Waals surface area contributed by atoms with E-state index in [1.807, 2.05) is 14.1 Å². The monoisotopic (exact) mass is 343 g/mol. The number of likely N-dealkylation sites (N-methyl/N-ethyl adjacent to an activating group) is 1. The second-order valence-corrected chi connectivity index (χ2v) is 7.41. The molecule has 5 nitrogen and oxygen atoms in total. The molecule has 0 aromatic heterocycles. The standard InChI is InChI=1S/C19H38N2O3/c1-4-5-6-7-8-9-10-11-12-16-24-18(20)14-13-15-21(2,3)17-19(22)23/h20H,4-17H2,1-3H3/p+1. The molecule has 0 aliphatic rings. The quantitative estimate of drug-likeness (QED) is 0.188. The highest BCUT2D eigenvalue weighted by atomic mass is 16.5. The maximum absolute atomic E-state index is 10.7. The van der Waals surface area contributed by atoms with Gasteiger partial charge in [0.05, 0.1) is 27.2 Å². The van der Waals surface area contributed by atoms with E-state index in [4.69, 9.17) is 15.3 Å². The lowest BCUT2D eigenvalue weighted by atomic mass is 10.1. The van der Waals surface area contributed by atoms with Crippen molar-refractivity contribution < 1.29 is 19.1 Å². The van der Waals surface area contributed by atoms with E-state index < -0.39 is 5.97 Å². The van der Waals surface area contributed by atoms with Gasteiger partial charge in [-0.05, 0) is 6.42 Å². The fraction of sp³-hybridized carbons (Fsp3) is 0.895. The molecule has 5 heteroatoms. The summed E-state index contributed by atoms with van der Waals surface area (Å²) in [5, 5.41) is 16.6. The zero-order chi connectivity index (χ0) is 18.3. The predicted molar refractivity (Wildman–Crippen MR) is 99.6 cm³/mol. The van der Waals surface area contributed by atoms with E-state index in [1.165, 1.54) is 51.4 Å². The first-order valence-corrected chi connectivity index (χ1v) is 9.61. The number of rotatable bonds is 16. The molecule has 0 bridgehead atoms. The fourth-order valence-corrected chi connectivity index (χ4v) is 2.79. The Bertz CT molecular complexity index is 344. The third kappa shape index (κ3) is 15.8. The van der Waals surface area contributed by atoms with Gasteiger partial charge in [0.25, 0.3) is 0 Å². The number of nitrogens with zero attached hydrogens (tertiary/aromatic N) is 1. The molecule has 24 heavy (non-hydrogen) atoms. The highest BCUT2D eigenvalue weighted by Crippen LogP contribution is 2.10. The molecular formula is C19H39N2O3+. The summed E-state index contributed by atoms with van der Waals surface area (Å²) in [4.78, 5) is 10.7. The molecule has 0 aromatic carbocycles. The van der Waals surface area contributed by atoms with Crippen molar-refractivity contribution in [2.75, 3.05) is 33.8 Å². The number of unbranched alkanes of at least 4 members (excludes halogenated alkanes) is 8. The van der Waals surface area contributed by atoms with E-state index in [2.05, 4.69) is 6.92 Å². The maximum Gasteiger partial charge on any atom is 0.359 e. The van der Waals surface area contributed by atoms with E-state index in [0.29, 0.717) is 23.4 Å². The summed E-state index contributed by atoms with van der Waals surface area (Å²) >= 11 is 0. The minimum absolute atomic E-state index is 0.118. The molecule has 0 aliphatic carbocycles. The van der Waals surface area contributed by atoms with Gasteiger partial charge in [-0.1, -0.05) is 58.3 Å². The number of quaternary nitrogens is 1. The number of carbonyl (C=O) groups is 1. The van der Waals surface area contributed by atoms with Crippen LogP contribution in [0.3, 0.4) is 0 Å². The van der Waals surface area contributed by atoms with Crippen LogP contribution in [0.4, 0.5) is 0 Å². The van der Waals surface area contributed by atoms with Crippen LogP contribution < -0.4 is 0 Å². The van der Waals surface area contributed by atoms with Gasteiger partial charge in [-0.15, -0.1) is 0 Å². The van der Waals surface area contributed by atoms with Crippen molar-refractivity contribution >= 4 is 11.9 Å². The summed E-state index contributed by atoms with van der Waals surface area (Å²) in [5.74, 6) is -0.443. The average molecular weight is 344 g/mol. The number of hydrogen-bond donors (Lipinski definition) is 2. The Hall–Kier alpha value is -1.10. The summed E-state index contributed by atoms with van der Waals surface area (Å²) in [6.45, 7) is 3.75. The van der Waals surface area contributed by atoms with Crippen molar-refractivity contribution in [2.45, 2.75) is 77.6 Å². The number of aliphatic carboxylic acids is 1. The van der Waals surface area contributed by atoms with Crippen LogP contribution in [0.5, 0.6) is 0 Å². The number of hydrogen-bond acceptors (Lipinski definition) is 3. The third-order valence-corrected chi connectivity index (χ3v) is 4.25. The highest BCUT2D eigenvalue weighted by Gasteiger charge is 2.19. The molecule has 0 fully saturated rings. The van der Waals surface area contributed by atoms with Crippen LogP contribution in [0, 0.1) is 5.41 Å². The molecule has 0 radical (unpaired) electrons. The van der Waals surface area contributed by atoms with Crippen molar-refractivity contribution in [1.82, 2.24) is 0 Å². The normalized spacial score (nSPS) is 11.5. The van der Waals surface area contributed by atoms with Gasteiger partial charge in [-0.2, -0.15) is 0 Å². The molecule has 0 heterocycles. The Kier molecular flexibility index (Phi) is 13.6. The maximum atomic E-state index is 10.7. The molecule has 0 amide bonds. The topological polar surface area (TPSA) is 70.4 Å². The van der Waals surface area contributed by atoms with Crippen molar-refractivity contribution in [3.8, 4) is 0 Å². The molecule has 0 spiro atoms. The van der Waals surface area contributed by atoms with Crippen LogP contribution >= 0.6 is 0 Å². The number of carboxylic acids is 1. The lowest BCUT2D eigenvalue weighted by Crippen LogP contribution is -2.44. The largest absolute Gasteiger partial charge is 0.481 e. The molecule has 0 saturated carbocycles. The van der Waals surface area contributed by atoms with Crippen molar-refractivity contribution in [2.24, 2.45) is 0 Å². The van der Waals surface area contributed by atoms with Crippen LogP contribution in [0.1, 0.15) is 77.6 Å². The predicted octanol–water partition coefficient (Wildman–Crippen LogP) is 4.45. The summed E-state index contributed by atoms with van der Waals surface area (Å²) in [5.41, 5.74) is 0. The first kappa shape index (κ1) is 22.9. The Labute approximate surface area is 148 Å². The van der Waals surface area contributed by atoms with E-state index in [9.17, 15) is 4.79 Å². The zero-order valence-corrected chi connectivity index (χ0v) is 16.1. The summed E-state index contributed by atoms with van der Waals surface area (Å²) < 4.78 is 5.90. The lowest BCUT2D eigenvalue weighted by Gasteiger charge is -2.27. The summed E-state index contributed by atoms with van der Waals surface area (Å²) in [6, 6.07) is 0. The van der Waals surface area contributed by atoms with Gasteiger partial charge in [-0.3, -0.25) is 5.41 Å². The van der Waals surface area contributed by atoms with Gasteiger partial charge < -0.3 is 14.3 Å². The fourth-order valence-electron chi connectivity index (χ4n) is 2.79. The van der Waals surface area contributed by atoms with E-state index >= 15 is 0 Å². The summed E-state index contributed by atoms with van der Waals surface area (Å²) in [7, 11) is 3.81. The van der Waals surface area contributed by atoms with E-state index in [0.717, 1.165) is 19.4 Å². The van der Waals surface area contributed by atoms with Gasteiger partial charge >= 0.3 is 5.97 Å². The molecule has 0 unspecified atom stereocenters. The Morgan fingerprint density at radius 1 is 0.958 bits per heavy atom. The van der Waals surface area contributed by atoms with Crippen LogP contribution in [-0.2, 0) is 9.53 Å². The molecular weight excluding hydrogens is 304 g/mol. The molecule has 0 aliphatic heterocycles. The van der Waals surface area contributed by atoms with Crippen LogP contribution in [-0.4, -0.2) is 55.2 Å². The zero-order valence-electron chi connectivity index (χ0n) is 16.1. The van der Waals surface area contributed by atoms with Crippen LogP contribution in [0.15, 0.2) is 0 Å². The third-order valence-electron chi connectivity index (χ3n) is 4.25. The molecule has 2 N–H and O–H groups in total. The Morgan fingerprint density at radius 2 is 1.50 bits per heavy atom. The Balaban J connectivity index is 3.43. The first-order valence-electron chi connectivity index (χ1n) is 9.61. The van der Waals surface area contributed by atoms with Gasteiger partial charge in [-0.25, -0.2) is 4.79 Å². The van der Waals surface area contributed by atoms with E-state index in [1.54, 1.807) is 0 Å². The van der Waals surface area contributed by atoms with Crippen molar-refractivity contribution in [3.05, 3.63) is 0 Å². The second-order valence-electron chi connectivity index (χ2n) is 7.41. The van der Waals surface area contributed by atoms with Gasteiger partial charge in [0.1, 0.15) is 0 Å². The van der Waals surface area contributed by atoms with Crippen LogP contribution in [0.25, 0.3) is 0 Å². The molecule has 142 valence electrons. The van der Waals surface area contributed by atoms with Crippen molar-refractivity contribution in [1.29, 1.82) is 5.41 Å². The minimum Gasteiger partial charge on any atom is -0.481 e. The number of ether oxygens (including phenoxy) is 1. The Morgan fingerprint density at radius 3 is 2.04 bits per heavy atom. The summed E-state index contributed by atoms with van der Waals surface area (Å²) in [6.07, 6.45) is 12.9. The average Bonchev–Trinajstić information content (AvgIpc) is 2.47. The highest BCUT2D eigenvalue weighted by molar-refractivity contribution is 5.72. The molecule has 0 saturated heterocycles. The van der Waals surface area contributed by atoms with Gasteiger partial charge in [0, 0.05) is 12.8 Å². The smallest absolute Gasteiger partial charge is 0.359 e. The van der Waals surface area contributed by atoms with Crippen molar-refractivity contribution in [3.63, 3.8) is 0 Å². The molecule has 0 rings (SSSR count). The SMILES string of the molecule is CCCCCCCCCCCOC(=N)CCC[N+](C)(C)CC(=O)O. The first-order chi connectivity index (χ1) is 11.4. The van der Waals surface area contributed by atoms with Gasteiger partial charge in [0.2, 0.25) is 0 Å². The number of carboxylic acid groups (broad SMARTS) is 1. The van der Waals surface area contributed by atoms with Gasteiger partial charge in [0.15, 0.2) is 12.4 Å².